The van der Waals surface area contributed by atoms with Crippen LogP contribution < -0.4 is 5.32 Å². The number of aliphatic carboxylic acids is 1. The second kappa shape index (κ2) is 8.00. The highest BCUT2D eigenvalue weighted by atomic mass is 16.4. The van der Waals surface area contributed by atoms with Gasteiger partial charge in [0.05, 0.1) is 6.54 Å². The first-order valence-electron chi connectivity index (χ1n) is 9.40. The van der Waals surface area contributed by atoms with Gasteiger partial charge in [0.15, 0.2) is 0 Å². The van der Waals surface area contributed by atoms with Gasteiger partial charge in [-0.2, -0.15) is 0 Å². The number of aryl methyl sites for hydroxylation is 1. The van der Waals surface area contributed by atoms with Gasteiger partial charge in [-0.05, 0) is 55.7 Å². The molecule has 0 aliphatic heterocycles. The van der Waals surface area contributed by atoms with Gasteiger partial charge < -0.3 is 10.4 Å². The zero-order valence-electron chi connectivity index (χ0n) is 14.9. The molecule has 5 heteroatoms. The van der Waals surface area contributed by atoms with E-state index in [9.17, 15) is 9.59 Å². The third-order valence-electron chi connectivity index (χ3n) is 5.25. The van der Waals surface area contributed by atoms with E-state index in [1.165, 1.54) is 18.4 Å². The second-order valence-electron chi connectivity index (χ2n) is 7.51. The number of hydrogen-bond acceptors (Lipinski definition) is 3. The Labute approximate surface area is 149 Å². The smallest absolute Gasteiger partial charge is 0.317 e. The lowest BCUT2D eigenvalue weighted by molar-refractivity contribution is -0.139. The van der Waals surface area contributed by atoms with Crippen LogP contribution in [-0.2, 0) is 11.2 Å². The fourth-order valence-electron chi connectivity index (χ4n) is 3.53. The largest absolute Gasteiger partial charge is 0.480 e. The average Bonchev–Trinajstić information content (AvgIpc) is 3.34. The maximum Gasteiger partial charge on any atom is 0.317 e. The lowest BCUT2D eigenvalue weighted by Crippen LogP contribution is -2.55. The Morgan fingerprint density at radius 3 is 2.44 bits per heavy atom. The first kappa shape index (κ1) is 17.9. The van der Waals surface area contributed by atoms with Crippen molar-refractivity contribution in [2.45, 2.75) is 57.5 Å². The molecule has 2 aliphatic rings. The minimum Gasteiger partial charge on any atom is -0.480 e. The molecule has 2 aliphatic carbocycles. The Morgan fingerprint density at radius 2 is 1.88 bits per heavy atom. The topological polar surface area (TPSA) is 69.6 Å². The number of nitrogens with one attached hydrogen (secondary N) is 1. The van der Waals surface area contributed by atoms with Gasteiger partial charge in [-0.1, -0.05) is 25.5 Å². The van der Waals surface area contributed by atoms with Gasteiger partial charge in [0.2, 0.25) is 0 Å². The molecule has 0 aromatic heterocycles. The molecule has 0 radical (unpaired) electrons. The highest BCUT2D eigenvalue weighted by Gasteiger charge is 2.37. The van der Waals surface area contributed by atoms with Crippen molar-refractivity contribution in [3.05, 3.63) is 35.4 Å². The van der Waals surface area contributed by atoms with Crippen LogP contribution in [-0.4, -0.2) is 47.1 Å². The van der Waals surface area contributed by atoms with Crippen LogP contribution in [0.3, 0.4) is 0 Å². The number of rotatable bonds is 9. The molecule has 2 fully saturated rings. The Bertz CT molecular complexity index is 604. The molecule has 1 aromatic carbocycles. The van der Waals surface area contributed by atoms with Crippen LogP contribution in [0.5, 0.6) is 0 Å². The zero-order chi connectivity index (χ0) is 17.8. The van der Waals surface area contributed by atoms with E-state index in [1.54, 1.807) is 0 Å². The molecule has 5 nitrogen and oxygen atoms in total. The number of carboxylic acid groups (broad SMARTS) is 1. The van der Waals surface area contributed by atoms with E-state index < -0.39 is 5.97 Å². The zero-order valence-corrected chi connectivity index (χ0v) is 14.9. The molecule has 0 unspecified atom stereocenters. The van der Waals surface area contributed by atoms with Gasteiger partial charge in [-0.15, -0.1) is 0 Å². The number of hydrogen-bond donors (Lipinski definition) is 2. The Morgan fingerprint density at radius 1 is 1.20 bits per heavy atom. The van der Waals surface area contributed by atoms with E-state index in [4.69, 9.17) is 5.11 Å². The molecule has 0 spiro atoms. The molecular weight excluding hydrogens is 316 g/mol. The number of carboxylic acids is 1. The van der Waals surface area contributed by atoms with Gasteiger partial charge in [0, 0.05) is 24.2 Å². The summed E-state index contributed by atoms with van der Waals surface area (Å²) in [6, 6.07) is 8.26. The Kier molecular flexibility index (Phi) is 5.74. The first-order chi connectivity index (χ1) is 12.0. The SMILES string of the molecule is CCCc1ccc(C(=O)NC2CC(N(CC(=O)O)CC3CC3)C2)cc1. The quantitative estimate of drug-likeness (QED) is 0.723. The summed E-state index contributed by atoms with van der Waals surface area (Å²) < 4.78 is 0. The maximum absolute atomic E-state index is 12.3. The summed E-state index contributed by atoms with van der Waals surface area (Å²) in [7, 11) is 0. The number of carbonyl (C=O) groups excluding carboxylic acids is 1. The van der Waals surface area contributed by atoms with Crippen LogP contribution in [0.15, 0.2) is 24.3 Å². The van der Waals surface area contributed by atoms with E-state index >= 15 is 0 Å². The lowest BCUT2D eigenvalue weighted by atomic mass is 9.85. The Balaban J connectivity index is 1.46. The van der Waals surface area contributed by atoms with E-state index in [0.717, 1.165) is 32.2 Å². The molecule has 0 atom stereocenters. The average molecular weight is 344 g/mol. The van der Waals surface area contributed by atoms with Crippen LogP contribution in [0.1, 0.15) is 54.9 Å². The maximum atomic E-state index is 12.3. The molecule has 1 aromatic rings. The van der Waals surface area contributed by atoms with Gasteiger partial charge >= 0.3 is 5.97 Å². The molecule has 0 heterocycles. The normalized spacial score (nSPS) is 22.5. The minimum atomic E-state index is -0.764. The summed E-state index contributed by atoms with van der Waals surface area (Å²) in [5.41, 5.74) is 1.95. The van der Waals surface area contributed by atoms with Crippen LogP contribution >= 0.6 is 0 Å². The highest BCUT2D eigenvalue weighted by Crippen LogP contribution is 2.33. The van der Waals surface area contributed by atoms with Crippen molar-refractivity contribution in [2.75, 3.05) is 13.1 Å². The van der Waals surface area contributed by atoms with Crippen molar-refractivity contribution in [1.82, 2.24) is 10.2 Å². The van der Waals surface area contributed by atoms with Crippen LogP contribution in [0.2, 0.25) is 0 Å². The molecular formula is C20H28N2O3. The van der Waals surface area contributed by atoms with Crippen LogP contribution in [0.25, 0.3) is 0 Å². The molecule has 3 rings (SSSR count). The highest BCUT2D eigenvalue weighted by molar-refractivity contribution is 5.94. The monoisotopic (exact) mass is 344 g/mol. The van der Waals surface area contributed by atoms with Crippen molar-refractivity contribution in [1.29, 1.82) is 0 Å². The summed E-state index contributed by atoms with van der Waals surface area (Å²) in [6.07, 6.45) is 6.27. The van der Waals surface area contributed by atoms with Gasteiger partial charge in [-0.25, -0.2) is 0 Å². The van der Waals surface area contributed by atoms with E-state index in [-0.39, 0.29) is 24.5 Å². The van der Waals surface area contributed by atoms with Crippen molar-refractivity contribution < 1.29 is 14.7 Å². The summed E-state index contributed by atoms with van der Waals surface area (Å²) in [6.45, 7) is 3.14. The summed E-state index contributed by atoms with van der Waals surface area (Å²) >= 11 is 0. The number of benzene rings is 1. The summed E-state index contributed by atoms with van der Waals surface area (Å²) in [5.74, 6) is -0.117. The molecule has 0 bridgehead atoms. The van der Waals surface area contributed by atoms with Crippen molar-refractivity contribution in [2.24, 2.45) is 5.92 Å². The predicted molar refractivity (Wildman–Crippen MR) is 96.6 cm³/mol. The van der Waals surface area contributed by atoms with Crippen LogP contribution in [0, 0.1) is 5.92 Å². The van der Waals surface area contributed by atoms with E-state index in [1.807, 2.05) is 24.3 Å². The minimum absolute atomic E-state index is 0.0292. The Hall–Kier alpha value is -1.88. The number of carbonyl (C=O) groups is 2. The fourth-order valence-corrected chi connectivity index (χ4v) is 3.53. The second-order valence-corrected chi connectivity index (χ2v) is 7.51. The predicted octanol–water partition coefficient (Wildman–Crippen LogP) is 2.70. The summed E-state index contributed by atoms with van der Waals surface area (Å²) in [5, 5.41) is 12.2. The summed E-state index contributed by atoms with van der Waals surface area (Å²) in [4.78, 5) is 25.5. The third kappa shape index (κ3) is 5.05. The van der Waals surface area contributed by atoms with E-state index in [2.05, 4.69) is 17.1 Å². The van der Waals surface area contributed by atoms with E-state index in [0.29, 0.717) is 11.5 Å². The molecule has 25 heavy (non-hydrogen) atoms. The first-order valence-corrected chi connectivity index (χ1v) is 9.40. The molecule has 136 valence electrons. The lowest BCUT2D eigenvalue weighted by Gasteiger charge is -2.42. The molecule has 2 N–H and O–H groups in total. The standard InChI is InChI=1S/C20H28N2O3/c1-2-3-14-6-8-16(9-7-14)20(25)21-17-10-18(11-17)22(13-19(23)24)12-15-4-5-15/h6-9,15,17-18H,2-5,10-13H2,1H3,(H,21,25)(H,23,24). The van der Waals surface area contributed by atoms with Crippen molar-refractivity contribution in [3.8, 4) is 0 Å². The van der Waals surface area contributed by atoms with Gasteiger partial charge in [-0.3, -0.25) is 14.5 Å². The van der Waals surface area contributed by atoms with Crippen molar-refractivity contribution in [3.63, 3.8) is 0 Å². The number of amides is 1. The molecule has 0 saturated heterocycles. The number of nitrogens with zero attached hydrogens (tertiary/aromatic N) is 1. The van der Waals surface area contributed by atoms with Crippen molar-refractivity contribution >= 4 is 11.9 Å². The van der Waals surface area contributed by atoms with Crippen LogP contribution in [0.4, 0.5) is 0 Å². The fraction of sp³-hybridized carbons (Fsp3) is 0.600. The molecule has 1 amide bonds. The van der Waals surface area contributed by atoms with Gasteiger partial charge in [0.25, 0.3) is 5.91 Å². The third-order valence-corrected chi connectivity index (χ3v) is 5.25. The van der Waals surface area contributed by atoms with Gasteiger partial charge in [0.1, 0.15) is 0 Å². The molecule has 2 saturated carbocycles.